The highest BCUT2D eigenvalue weighted by atomic mass is 16.5. The van der Waals surface area contributed by atoms with E-state index in [4.69, 9.17) is 4.74 Å². The van der Waals surface area contributed by atoms with E-state index in [1.165, 1.54) is 0 Å². The van der Waals surface area contributed by atoms with Gasteiger partial charge in [0.15, 0.2) is 5.82 Å². The van der Waals surface area contributed by atoms with Crippen LogP contribution >= 0.6 is 0 Å². The second-order valence-corrected chi connectivity index (χ2v) is 8.15. The fourth-order valence-corrected chi connectivity index (χ4v) is 5.14. The van der Waals surface area contributed by atoms with Gasteiger partial charge in [0.25, 0.3) is 0 Å². The zero-order valence-electron chi connectivity index (χ0n) is 15.5. The average molecular weight is 347 g/mol. The molecule has 2 aliphatic heterocycles. The maximum atomic E-state index is 13.0. The van der Waals surface area contributed by atoms with Gasteiger partial charge < -0.3 is 19.5 Å². The summed E-state index contributed by atoms with van der Waals surface area (Å²) in [7, 11) is 0. The Morgan fingerprint density at radius 1 is 1.44 bits per heavy atom. The van der Waals surface area contributed by atoms with E-state index in [0.29, 0.717) is 18.6 Å². The van der Waals surface area contributed by atoms with Crippen LogP contribution in [0.3, 0.4) is 0 Å². The monoisotopic (exact) mass is 347 g/mol. The number of carbonyl (C=O) groups is 1. The number of nitrogens with one attached hydrogen (secondary N) is 1. The first kappa shape index (κ1) is 16.8. The first-order valence-corrected chi connectivity index (χ1v) is 9.61. The number of carbonyl (C=O) groups excluding carboxylic acids is 1. The van der Waals surface area contributed by atoms with Crippen LogP contribution in [0, 0.1) is 11.3 Å². The Balaban J connectivity index is 1.44. The smallest absolute Gasteiger partial charge is 0.318 e. The number of amides is 2. The molecule has 0 spiro atoms. The van der Waals surface area contributed by atoms with E-state index in [1.807, 2.05) is 4.90 Å². The maximum absolute atomic E-state index is 13.0. The minimum absolute atomic E-state index is 0.0145. The molecule has 1 saturated carbocycles. The second kappa shape index (κ2) is 6.27. The summed E-state index contributed by atoms with van der Waals surface area (Å²) in [4.78, 5) is 15.0. The molecule has 7 heteroatoms. The van der Waals surface area contributed by atoms with Crippen molar-refractivity contribution in [2.24, 2.45) is 11.3 Å². The lowest BCUT2D eigenvalue weighted by Gasteiger charge is -2.58. The third-order valence-corrected chi connectivity index (χ3v) is 6.18. The van der Waals surface area contributed by atoms with E-state index in [1.54, 1.807) is 0 Å². The van der Waals surface area contributed by atoms with Crippen LogP contribution in [0.4, 0.5) is 4.79 Å². The minimum Gasteiger partial charge on any atom is -0.377 e. The number of hydrogen-bond donors (Lipinski definition) is 1. The molecule has 7 nitrogen and oxygen atoms in total. The summed E-state index contributed by atoms with van der Waals surface area (Å²) < 4.78 is 8.03. The van der Waals surface area contributed by atoms with Gasteiger partial charge >= 0.3 is 6.03 Å². The van der Waals surface area contributed by atoms with E-state index in [9.17, 15) is 4.79 Å². The molecule has 4 rings (SSSR count). The summed E-state index contributed by atoms with van der Waals surface area (Å²) in [5.41, 5.74) is 0.0176. The molecular formula is C18H29N5O2. The Labute approximate surface area is 149 Å². The van der Waals surface area contributed by atoms with Crippen LogP contribution in [0.15, 0.2) is 0 Å². The number of rotatable bonds is 5. The van der Waals surface area contributed by atoms with Gasteiger partial charge in [-0.05, 0) is 19.3 Å². The topological polar surface area (TPSA) is 72.3 Å². The van der Waals surface area contributed by atoms with Crippen molar-refractivity contribution in [2.75, 3.05) is 13.2 Å². The van der Waals surface area contributed by atoms with Crippen molar-refractivity contribution < 1.29 is 9.53 Å². The Morgan fingerprint density at radius 3 is 3.08 bits per heavy atom. The zero-order chi connectivity index (χ0) is 17.6. The van der Waals surface area contributed by atoms with E-state index < -0.39 is 0 Å². The molecule has 1 aliphatic carbocycles. The molecule has 138 valence electrons. The number of ether oxygens (including phenoxy) is 1. The van der Waals surface area contributed by atoms with Gasteiger partial charge in [0, 0.05) is 43.5 Å². The Morgan fingerprint density at radius 2 is 2.28 bits per heavy atom. The van der Waals surface area contributed by atoms with Gasteiger partial charge in [0.2, 0.25) is 0 Å². The quantitative estimate of drug-likeness (QED) is 0.884. The summed E-state index contributed by atoms with van der Waals surface area (Å²) in [5.74, 6) is 2.39. The summed E-state index contributed by atoms with van der Waals surface area (Å²) >= 11 is 0. The van der Waals surface area contributed by atoms with E-state index in [0.717, 1.165) is 57.0 Å². The molecule has 0 aromatic carbocycles. The van der Waals surface area contributed by atoms with E-state index in [2.05, 4.69) is 40.9 Å². The maximum Gasteiger partial charge on any atom is 0.318 e. The largest absolute Gasteiger partial charge is 0.377 e. The fourth-order valence-electron chi connectivity index (χ4n) is 5.14. The molecule has 1 N–H and O–H groups in total. The van der Waals surface area contributed by atoms with Gasteiger partial charge in [-0.2, -0.15) is 0 Å². The van der Waals surface area contributed by atoms with Crippen LogP contribution in [0.5, 0.6) is 0 Å². The molecule has 25 heavy (non-hydrogen) atoms. The summed E-state index contributed by atoms with van der Waals surface area (Å²) in [6, 6.07) is 0.268. The van der Waals surface area contributed by atoms with Crippen molar-refractivity contribution in [3.8, 4) is 0 Å². The molecule has 2 amide bonds. The third-order valence-electron chi connectivity index (χ3n) is 6.18. The third kappa shape index (κ3) is 2.63. The Hall–Kier alpha value is -1.63. The van der Waals surface area contributed by atoms with Crippen LogP contribution in [0.2, 0.25) is 0 Å². The average Bonchev–Trinajstić information content (AvgIpc) is 3.28. The van der Waals surface area contributed by atoms with Gasteiger partial charge in [-0.15, -0.1) is 10.2 Å². The predicted octanol–water partition coefficient (Wildman–Crippen LogP) is 1.96. The molecule has 1 aromatic rings. The van der Waals surface area contributed by atoms with Crippen LogP contribution in [-0.4, -0.2) is 51.0 Å². The van der Waals surface area contributed by atoms with Crippen molar-refractivity contribution in [1.82, 2.24) is 25.0 Å². The van der Waals surface area contributed by atoms with E-state index in [-0.39, 0.29) is 17.5 Å². The lowest BCUT2D eigenvalue weighted by molar-refractivity contribution is -0.143. The molecule has 1 aromatic heterocycles. The van der Waals surface area contributed by atoms with Gasteiger partial charge in [0.1, 0.15) is 5.82 Å². The number of aromatic nitrogens is 3. The van der Waals surface area contributed by atoms with Crippen molar-refractivity contribution in [3.05, 3.63) is 11.6 Å². The number of fused-ring (bicyclic) bond motifs is 2. The van der Waals surface area contributed by atoms with Crippen molar-refractivity contribution in [3.63, 3.8) is 0 Å². The Kier molecular flexibility index (Phi) is 4.22. The van der Waals surface area contributed by atoms with Gasteiger partial charge in [-0.25, -0.2) is 4.79 Å². The van der Waals surface area contributed by atoms with Gasteiger partial charge in [-0.1, -0.05) is 20.8 Å². The zero-order valence-corrected chi connectivity index (χ0v) is 15.5. The molecule has 2 fully saturated rings. The molecule has 0 unspecified atom stereocenters. The van der Waals surface area contributed by atoms with Crippen LogP contribution in [-0.2, 0) is 24.2 Å². The first-order valence-electron chi connectivity index (χ1n) is 9.61. The highest BCUT2D eigenvalue weighted by molar-refractivity contribution is 5.75. The number of nitrogens with zero attached hydrogens (tertiary/aromatic N) is 4. The molecule has 1 saturated heterocycles. The van der Waals surface area contributed by atoms with Crippen LogP contribution < -0.4 is 5.32 Å². The van der Waals surface area contributed by atoms with Crippen molar-refractivity contribution >= 4 is 6.03 Å². The summed E-state index contributed by atoms with van der Waals surface area (Å²) in [6.45, 7) is 9.59. The highest BCUT2D eigenvalue weighted by Crippen LogP contribution is 2.54. The highest BCUT2D eigenvalue weighted by Gasteiger charge is 2.62. The van der Waals surface area contributed by atoms with Crippen molar-refractivity contribution in [1.29, 1.82) is 0 Å². The second-order valence-electron chi connectivity index (χ2n) is 8.15. The minimum atomic E-state index is 0.0145. The SMILES string of the molecule is CCCN(C(=O)NCc1nnc2n1CCC2)[C@@H]1[C@H]2CCO[C@H]2C1(C)C. The lowest BCUT2D eigenvalue weighted by atomic mass is 9.56. The van der Waals surface area contributed by atoms with E-state index >= 15 is 0 Å². The van der Waals surface area contributed by atoms with Crippen molar-refractivity contribution in [2.45, 2.75) is 71.7 Å². The standard InChI is InChI=1S/C18H29N5O2/c1-4-8-23(15-12-7-10-25-16(12)18(15,2)3)17(24)19-11-14-21-20-13-6-5-9-22(13)14/h12,15-16H,4-11H2,1-3H3,(H,19,24)/t12-,15-,16-/m1/s1. The molecular weight excluding hydrogens is 318 g/mol. The molecule has 3 heterocycles. The lowest BCUT2D eigenvalue weighted by Crippen LogP contribution is -2.68. The fraction of sp³-hybridized carbons (Fsp3) is 0.833. The van der Waals surface area contributed by atoms with Gasteiger partial charge in [0.05, 0.1) is 12.6 Å². The summed E-state index contributed by atoms with van der Waals surface area (Å²) in [5, 5.41) is 11.5. The number of hydrogen-bond acceptors (Lipinski definition) is 4. The predicted molar refractivity (Wildman–Crippen MR) is 93.0 cm³/mol. The molecule has 0 radical (unpaired) electrons. The van der Waals surface area contributed by atoms with Gasteiger partial charge in [-0.3, -0.25) is 0 Å². The summed E-state index contributed by atoms with van der Waals surface area (Å²) in [6.07, 6.45) is 4.42. The molecule has 3 atom stereocenters. The van der Waals surface area contributed by atoms with Crippen LogP contribution in [0.25, 0.3) is 0 Å². The molecule has 3 aliphatic rings. The first-order chi connectivity index (χ1) is 12.0. The Bertz CT molecular complexity index is 656. The molecule has 0 bridgehead atoms. The normalized spacial score (nSPS) is 29.0. The number of urea groups is 1. The number of aryl methyl sites for hydroxylation is 1. The van der Waals surface area contributed by atoms with Crippen LogP contribution in [0.1, 0.15) is 51.7 Å².